The van der Waals surface area contributed by atoms with Crippen molar-refractivity contribution < 1.29 is 8.42 Å². The third-order valence-corrected chi connectivity index (χ3v) is 4.62. The summed E-state index contributed by atoms with van der Waals surface area (Å²) < 4.78 is 25.3. The van der Waals surface area contributed by atoms with Crippen molar-refractivity contribution in [2.24, 2.45) is 0 Å². The maximum absolute atomic E-state index is 11.9. The van der Waals surface area contributed by atoms with Crippen molar-refractivity contribution in [3.8, 4) is 0 Å². The predicted molar refractivity (Wildman–Crippen MR) is 57.7 cm³/mol. The molecule has 0 radical (unpaired) electrons. The highest BCUT2D eigenvalue weighted by atomic mass is 32.2. The highest BCUT2D eigenvalue weighted by molar-refractivity contribution is 7.89. The summed E-state index contributed by atoms with van der Waals surface area (Å²) in [6.45, 7) is 6.13. The summed E-state index contributed by atoms with van der Waals surface area (Å²) in [7, 11) is -3.00. The van der Waals surface area contributed by atoms with E-state index in [2.05, 4.69) is 5.32 Å². The van der Waals surface area contributed by atoms with Gasteiger partial charge in [0.25, 0.3) is 0 Å². The third kappa shape index (κ3) is 2.93. The molecule has 1 aliphatic heterocycles. The van der Waals surface area contributed by atoms with Crippen LogP contribution in [0, 0.1) is 0 Å². The molecular weight excluding hydrogens is 200 g/mol. The van der Waals surface area contributed by atoms with Crippen molar-refractivity contribution in [1.82, 2.24) is 9.62 Å². The van der Waals surface area contributed by atoms with E-state index in [1.165, 1.54) is 0 Å². The molecule has 0 spiro atoms. The molecule has 0 amide bonds. The minimum Gasteiger partial charge on any atom is -0.314 e. The van der Waals surface area contributed by atoms with Crippen LogP contribution < -0.4 is 5.32 Å². The van der Waals surface area contributed by atoms with Crippen LogP contribution in [0.25, 0.3) is 0 Å². The summed E-state index contributed by atoms with van der Waals surface area (Å²) >= 11 is 0. The molecule has 0 unspecified atom stereocenters. The van der Waals surface area contributed by atoms with E-state index in [1.807, 2.05) is 13.8 Å². The molecule has 0 saturated carbocycles. The Kier molecular flexibility index (Phi) is 4.34. The summed E-state index contributed by atoms with van der Waals surface area (Å²) in [4.78, 5) is 0. The third-order valence-electron chi connectivity index (χ3n) is 2.55. The van der Waals surface area contributed by atoms with E-state index in [0.717, 1.165) is 25.9 Å². The van der Waals surface area contributed by atoms with E-state index in [-0.39, 0.29) is 6.04 Å². The van der Waals surface area contributed by atoms with Gasteiger partial charge in [-0.3, -0.25) is 0 Å². The van der Waals surface area contributed by atoms with Gasteiger partial charge < -0.3 is 5.32 Å². The monoisotopic (exact) mass is 220 g/mol. The Morgan fingerprint density at radius 2 is 2.21 bits per heavy atom. The molecule has 0 bridgehead atoms. The molecule has 0 aliphatic carbocycles. The molecule has 1 N–H and O–H groups in total. The zero-order valence-corrected chi connectivity index (χ0v) is 9.81. The molecule has 1 rings (SSSR count). The van der Waals surface area contributed by atoms with Gasteiger partial charge >= 0.3 is 0 Å². The molecule has 14 heavy (non-hydrogen) atoms. The number of rotatable bonds is 4. The average molecular weight is 220 g/mol. The Morgan fingerprint density at radius 1 is 1.50 bits per heavy atom. The van der Waals surface area contributed by atoms with Crippen LogP contribution in [0.5, 0.6) is 0 Å². The van der Waals surface area contributed by atoms with E-state index >= 15 is 0 Å². The van der Waals surface area contributed by atoms with Crippen molar-refractivity contribution in [3.63, 3.8) is 0 Å². The first-order valence-electron chi connectivity index (χ1n) is 5.28. The largest absolute Gasteiger partial charge is 0.314 e. The van der Waals surface area contributed by atoms with Gasteiger partial charge in [-0.05, 0) is 13.3 Å². The van der Waals surface area contributed by atoms with E-state index in [4.69, 9.17) is 0 Å². The fraction of sp³-hybridized carbons (Fsp3) is 1.00. The second-order valence-corrected chi connectivity index (χ2v) is 5.87. The Morgan fingerprint density at radius 3 is 2.79 bits per heavy atom. The van der Waals surface area contributed by atoms with Gasteiger partial charge in [0.2, 0.25) is 10.0 Å². The van der Waals surface area contributed by atoms with Crippen molar-refractivity contribution >= 4 is 10.0 Å². The number of unbranched alkanes of at least 4 members (excludes halogenated alkanes) is 1. The number of hydrogen-bond acceptors (Lipinski definition) is 3. The van der Waals surface area contributed by atoms with Gasteiger partial charge in [-0.25, -0.2) is 8.42 Å². The maximum Gasteiger partial charge on any atom is 0.214 e. The van der Waals surface area contributed by atoms with E-state index in [1.54, 1.807) is 4.31 Å². The molecule has 4 nitrogen and oxygen atoms in total. The fourth-order valence-electron chi connectivity index (χ4n) is 1.68. The second-order valence-electron chi connectivity index (χ2n) is 3.83. The molecule has 1 saturated heterocycles. The molecule has 0 aromatic carbocycles. The molecule has 1 heterocycles. The van der Waals surface area contributed by atoms with E-state index < -0.39 is 10.0 Å². The predicted octanol–water partition coefficient (Wildman–Crippen LogP) is 0.410. The summed E-state index contributed by atoms with van der Waals surface area (Å²) in [5.74, 6) is 0.299. The van der Waals surface area contributed by atoms with Crippen molar-refractivity contribution in [2.45, 2.75) is 32.7 Å². The maximum atomic E-state index is 11.9. The van der Waals surface area contributed by atoms with Crippen LogP contribution in [-0.4, -0.2) is 44.2 Å². The first-order chi connectivity index (χ1) is 6.58. The lowest BCUT2D eigenvalue weighted by atomic mass is 10.3. The quantitative estimate of drug-likeness (QED) is 0.746. The molecular formula is C9H20N2O2S. The molecule has 0 aromatic heterocycles. The first-order valence-corrected chi connectivity index (χ1v) is 6.89. The Bertz CT molecular complexity index is 264. The minimum atomic E-state index is -3.00. The normalized spacial score (nSPS) is 25.1. The van der Waals surface area contributed by atoms with Gasteiger partial charge in [0.15, 0.2) is 0 Å². The van der Waals surface area contributed by atoms with Crippen LogP contribution in [0.1, 0.15) is 26.7 Å². The smallest absolute Gasteiger partial charge is 0.214 e. The van der Waals surface area contributed by atoms with Crippen LogP contribution in [0.4, 0.5) is 0 Å². The lowest BCUT2D eigenvalue weighted by Gasteiger charge is -2.32. The zero-order valence-electron chi connectivity index (χ0n) is 8.99. The topological polar surface area (TPSA) is 49.4 Å². The van der Waals surface area contributed by atoms with E-state index in [0.29, 0.717) is 12.3 Å². The molecule has 1 fully saturated rings. The number of hydrogen-bond donors (Lipinski definition) is 1. The number of piperazine rings is 1. The molecule has 0 aromatic rings. The number of sulfonamides is 1. The fourth-order valence-corrected chi connectivity index (χ4v) is 3.56. The number of nitrogens with one attached hydrogen (secondary N) is 1. The van der Waals surface area contributed by atoms with Crippen molar-refractivity contribution in [1.29, 1.82) is 0 Å². The van der Waals surface area contributed by atoms with Crippen LogP contribution in [0.3, 0.4) is 0 Å². The Labute approximate surface area is 86.7 Å². The number of nitrogens with zero attached hydrogens (tertiary/aromatic N) is 1. The van der Waals surface area contributed by atoms with Crippen LogP contribution >= 0.6 is 0 Å². The average Bonchev–Trinajstić information content (AvgIpc) is 2.15. The standard InChI is InChI=1S/C9H20N2O2S/c1-3-4-7-14(12,13)11-6-5-10-8-9(11)2/h9-10H,3-8H2,1-2H3/t9-/m0/s1. The van der Waals surface area contributed by atoms with Crippen molar-refractivity contribution in [3.05, 3.63) is 0 Å². The molecule has 84 valence electrons. The molecule has 1 atom stereocenters. The summed E-state index contributed by atoms with van der Waals surface area (Å²) in [6.07, 6.45) is 1.69. The Balaban J connectivity index is 2.60. The van der Waals surface area contributed by atoms with Crippen LogP contribution in [0.15, 0.2) is 0 Å². The van der Waals surface area contributed by atoms with Gasteiger partial charge in [0.1, 0.15) is 0 Å². The Hall–Kier alpha value is -0.130. The van der Waals surface area contributed by atoms with Gasteiger partial charge in [-0.1, -0.05) is 13.3 Å². The van der Waals surface area contributed by atoms with E-state index in [9.17, 15) is 8.42 Å². The zero-order chi connectivity index (χ0) is 10.6. The van der Waals surface area contributed by atoms with Crippen molar-refractivity contribution in [2.75, 3.05) is 25.4 Å². The van der Waals surface area contributed by atoms with Crippen LogP contribution in [0.2, 0.25) is 0 Å². The highest BCUT2D eigenvalue weighted by Crippen LogP contribution is 2.11. The lowest BCUT2D eigenvalue weighted by Crippen LogP contribution is -2.52. The molecule has 5 heteroatoms. The van der Waals surface area contributed by atoms with Gasteiger partial charge in [0, 0.05) is 25.7 Å². The van der Waals surface area contributed by atoms with Gasteiger partial charge in [-0.2, -0.15) is 4.31 Å². The second kappa shape index (κ2) is 5.09. The summed E-state index contributed by atoms with van der Waals surface area (Å²) in [5, 5.41) is 3.19. The van der Waals surface area contributed by atoms with Crippen LogP contribution in [-0.2, 0) is 10.0 Å². The lowest BCUT2D eigenvalue weighted by molar-refractivity contribution is 0.283. The first kappa shape index (κ1) is 11.9. The highest BCUT2D eigenvalue weighted by Gasteiger charge is 2.28. The summed E-state index contributed by atoms with van der Waals surface area (Å²) in [6, 6.07) is 0.102. The molecule has 1 aliphatic rings. The minimum absolute atomic E-state index is 0.102. The van der Waals surface area contributed by atoms with Gasteiger partial charge in [0.05, 0.1) is 5.75 Å². The SMILES string of the molecule is CCCCS(=O)(=O)N1CCNC[C@@H]1C. The summed E-state index contributed by atoms with van der Waals surface area (Å²) in [5.41, 5.74) is 0. The van der Waals surface area contributed by atoms with Gasteiger partial charge in [-0.15, -0.1) is 0 Å².